The number of rotatable bonds is 27. The van der Waals surface area contributed by atoms with Crippen LogP contribution in [-0.2, 0) is 45.3 Å². The lowest BCUT2D eigenvalue weighted by atomic mass is 9.88. The number of aromatic nitrogens is 4. The van der Waals surface area contributed by atoms with E-state index in [1.54, 1.807) is 90.6 Å². The van der Waals surface area contributed by atoms with Gasteiger partial charge in [0.25, 0.3) is 23.4 Å². The Morgan fingerprint density at radius 1 is 0.617 bits per heavy atom. The van der Waals surface area contributed by atoms with E-state index in [0.29, 0.717) is 69.7 Å². The van der Waals surface area contributed by atoms with Gasteiger partial charge in [-0.1, -0.05) is 43.5 Å². The molecule has 0 radical (unpaired) electrons. The summed E-state index contributed by atoms with van der Waals surface area (Å²) in [5.41, 5.74) is 6.76. The topological polar surface area (TPSA) is 295 Å². The maximum atomic E-state index is 14.3. The molecule has 478 valence electrons. The lowest BCUT2D eigenvalue weighted by molar-refractivity contribution is -0.384. The minimum Gasteiger partial charge on any atom is -0.451 e. The number of nitrogens with zero attached hydrogens (tertiary/aromatic N) is 9. The number of nitro benzene ring substituents is 1. The Bertz CT molecular complexity index is 4240. The molecule has 1 aliphatic carbocycles. The monoisotopic (exact) mass is 1300 g/mol. The van der Waals surface area contributed by atoms with Crippen LogP contribution < -0.4 is 20.4 Å². The standard InChI is InChI=1S/C70H65N11O11S2/c1-93-34-32-59(75-65(82)63-30-28-61(90-63)50-16-22-54(23-17-50)79(67(84)52-6-4-3-5-7-52)42-57-38-73-44-77(57)40-48-12-8-46(36-71)9-13-48)69(86)92-70(87)60(33-35-94-2)76-66(83)64-31-29-62(91-64)51-18-24-55(25-19-51)80(68(85)53-20-26-56(27-21-53)81(88)89)43-58-39-74-45-78(58)41-49-14-10-47(37-72)11-15-49/h8-31,38-39,44-45,52,59-60H,3-7,32-35,40-43H2,1-2H3,(H,75,82)(H,76,83). The fraction of sp³-hybridized carbons (Fsp3) is 0.257. The number of carbonyl (C=O) groups is 6. The summed E-state index contributed by atoms with van der Waals surface area (Å²) in [6.07, 6.45) is 15.3. The van der Waals surface area contributed by atoms with Crippen LogP contribution in [0.4, 0.5) is 17.1 Å². The Kier molecular flexibility index (Phi) is 22.1. The quantitative estimate of drug-likeness (QED) is 0.0209. The second-order valence-corrected chi connectivity index (χ2v) is 24.3. The summed E-state index contributed by atoms with van der Waals surface area (Å²) in [6, 6.07) is 41.6. The van der Waals surface area contributed by atoms with Gasteiger partial charge in [-0.05, 0) is 170 Å². The number of carbonyl (C=O) groups excluding carboxylic acids is 6. The Labute approximate surface area is 550 Å². The van der Waals surface area contributed by atoms with Gasteiger partial charge in [-0.2, -0.15) is 34.0 Å². The van der Waals surface area contributed by atoms with Crippen molar-refractivity contribution in [3.63, 3.8) is 0 Å². The number of benzene rings is 5. The number of ether oxygens (including phenoxy) is 1. The van der Waals surface area contributed by atoms with Crippen molar-refractivity contribution in [1.82, 2.24) is 29.7 Å². The Hall–Kier alpha value is -10.8. The Morgan fingerprint density at radius 3 is 1.50 bits per heavy atom. The average Bonchev–Trinajstić information content (AvgIpc) is 1.43. The van der Waals surface area contributed by atoms with Crippen LogP contribution in [0.15, 0.2) is 179 Å². The van der Waals surface area contributed by atoms with Gasteiger partial charge in [0.15, 0.2) is 11.5 Å². The summed E-state index contributed by atoms with van der Waals surface area (Å²) in [5.74, 6) is -2.95. The number of thioether (sulfide) groups is 2. The van der Waals surface area contributed by atoms with Crippen LogP contribution in [0.25, 0.3) is 22.6 Å². The summed E-state index contributed by atoms with van der Waals surface area (Å²) in [6.45, 7) is 1.22. The Morgan fingerprint density at radius 2 is 1.06 bits per heavy atom. The van der Waals surface area contributed by atoms with Gasteiger partial charge >= 0.3 is 11.9 Å². The van der Waals surface area contributed by atoms with Crippen molar-refractivity contribution < 1.29 is 47.3 Å². The molecule has 9 aromatic rings. The first kappa shape index (κ1) is 66.1. The van der Waals surface area contributed by atoms with Crippen LogP contribution in [0, 0.1) is 38.7 Å². The van der Waals surface area contributed by atoms with Crippen LogP contribution in [0.5, 0.6) is 0 Å². The number of hydrogen-bond donors (Lipinski definition) is 2. The lowest BCUT2D eigenvalue weighted by Crippen LogP contribution is -2.47. The predicted molar refractivity (Wildman–Crippen MR) is 354 cm³/mol. The SMILES string of the molecule is CSCCC(NC(=O)c1ccc(-c2ccc(N(Cc3cncn3Cc3ccc(C#N)cc3)C(=O)c3ccc([N+](=O)[O-])cc3)cc2)o1)C(=O)OC(=O)C(CCSC)NC(=O)c1ccc(-c2ccc(N(Cc3cncn3Cc3ccc(C#N)cc3)C(=O)C3CCCCC3)cc2)o1. The number of nitrogens with one attached hydrogen (secondary N) is 2. The molecule has 0 aliphatic heterocycles. The number of nitro groups is 1. The van der Waals surface area contributed by atoms with Crippen molar-refractivity contribution >= 4 is 76.2 Å². The highest BCUT2D eigenvalue weighted by atomic mass is 32.2. The number of amides is 4. The van der Waals surface area contributed by atoms with E-state index in [1.807, 2.05) is 70.2 Å². The van der Waals surface area contributed by atoms with Crippen molar-refractivity contribution in [3.05, 3.63) is 231 Å². The summed E-state index contributed by atoms with van der Waals surface area (Å²) < 4.78 is 21.3. The molecule has 4 heterocycles. The third kappa shape index (κ3) is 16.6. The van der Waals surface area contributed by atoms with Gasteiger partial charge in [0.1, 0.15) is 23.6 Å². The summed E-state index contributed by atoms with van der Waals surface area (Å²) >= 11 is 2.82. The van der Waals surface area contributed by atoms with Gasteiger partial charge in [-0.15, -0.1) is 0 Å². The Balaban J connectivity index is 0.781. The largest absolute Gasteiger partial charge is 0.451 e. The first-order chi connectivity index (χ1) is 45.7. The van der Waals surface area contributed by atoms with Crippen LogP contribution in [-0.4, -0.2) is 95.7 Å². The van der Waals surface area contributed by atoms with Gasteiger partial charge in [-0.25, -0.2) is 19.6 Å². The third-order valence-corrected chi connectivity index (χ3v) is 17.4. The fourth-order valence-corrected chi connectivity index (χ4v) is 11.8. The zero-order valence-corrected chi connectivity index (χ0v) is 53.1. The molecule has 1 fully saturated rings. The van der Waals surface area contributed by atoms with Crippen molar-refractivity contribution in [1.29, 1.82) is 10.5 Å². The van der Waals surface area contributed by atoms with E-state index in [4.69, 9.17) is 13.6 Å². The van der Waals surface area contributed by atoms with E-state index in [-0.39, 0.29) is 66.3 Å². The number of imidazole rings is 2. The first-order valence-electron chi connectivity index (χ1n) is 30.3. The molecule has 1 saturated carbocycles. The summed E-state index contributed by atoms with van der Waals surface area (Å²) in [5, 5.41) is 35.3. The molecule has 1 aliphatic rings. The second-order valence-electron chi connectivity index (χ2n) is 22.4. The lowest BCUT2D eigenvalue weighted by Gasteiger charge is -2.30. The minimum absolute atomic E-state index is 0.0283. The molecule has 5 aromatic carbocycles. The van der Waals surface area contributed by atoms with Crippen LogP contribution in [0.3, 0.4) is 0 Å². The number of hydrogen-bond acceptors (Lipinski definition) is 17. The van der Waals surface area contributed by atoms with E-state index in [0.717, 1.165) is 48.9 Å². The average molecular weight is 1300 g/mol. The number of esters is 2. The second kappa shape index (κ2) is 31.5. The molecule has 2 atom stereocenters. The molecule has 24 heteroatoms. The highest BCUT2D eigenvalue weighted by Gasteiger charge is 2.33. The summed E-state index contributed by atoms with van der Waals surface area (Å²) in [4.78, 5) is 107. The number of nitriles is 2. The molecule has 0 spiro atoms. The molecule has 2 unspecified atom stereocenters. The molecule has 94 heavy (non-hydrogen) atoms. The molecule has 0 bridgehead atoms. The van der Waals surface area contributed by atoms with Crippen molar-refractivity contribution in [2.24, 2.45) is 5.92 Å². The van der Waals surface area contributed by atoms with Crippen molar-refractivity contribution in [2.45, 2.75) is 83.2 Å². The van der Waals surface area contributed by atoms with Gasteiger partial charge in [0, 0.05) is 71.6 Å². The number of furan rings is 2. The van der Waals surface area contributed by atoms with E-state index in [2.05, 4.69) is 32.7 Å². The highest BCUT2D eigenvalue weighted by molar-refractivity contribution is 7.98. The van der Waals surface area contributed by atoms with Crippen LogP contribution in [0.2, 0.25) is 0 Å². The third-order valence-electron chi connectivity index (χ3n) is 16.1. The molecular weight excluding hydrogens is 1230 g/mol. The number of non-ortho nitro benzene ring substituents is 1. The molecule has 4 aromatic heterocycles. The van der Waals surface area contributed by atoms with E-state index in [1.165, 1.54) is 64.8 Å². The zero-order valence-electron chi connectivity index (χ0n) is 51.4. The molecule has 4 amide bonds. The van der Waals surface area contributed by atoms with E-state index >= 15 is 0 Å². The normalized spacial score (nSPS) is 12.8. The summed E-state index contributed by atoms with van der Waals surface area (Å²) in [7, 11) is 0. The van der Waals surface area contributed by atoms with Gasteiger partial charge < -0.3 is 43.1 Å². The molecule has 0 saturated heterocycles. The smallest absolute Gasteiger partial charge is 0.336 e. The van der Waals surface area contributed by atoms with Crippen LogP contribution >= 0.6 is 23.5 Å². The van der Waals surface area contributed by atoms with E-state index < -0.39 is 46.7 Å². The maximum Gasteiger partial charge on any atom is 0.336 e. The first-order valence-corrected chi connectivity index (χ1v) is 33.1. The fourth-order valence-electron chi connectivity index (χ4n) is 10.9. The van der Waals surface area contributed by atoms with E-state index in [9.17, 15) is 49.4 Å². The molecule has 10 rings (SSSR count). The predicted octanol–water partition coefficient (Wildman–Crippen LogP) is 11.8. The van der Waals surface area contributed by atoms with Gasteiger partial charge in [-0.3, -0.25) is 29.3 Å². The molecule has 2 N–H and O–H groups in total. The van der Waals surface area contributed by atoms with Gasteiger partial charge in [0.2, 0.25) is 5.91 Å². The van der Waals surface area contributed by atoms with Crippen molar-refractivity contribution in [2.75, 3.05) is 33.8 Å². The minimum atomic E-state index is -1.30. The zero-order chi connectivity index (χ0) is 66.1. The molecule has 22 nitrogen and oxygen atoms in total. The van der Waals surface area contributed by atoms with Crippen LogP contribution in [0.1, 0.15) is 110 Å². The maximum absolute atomic E-state index is 14.3. The number of anilines is 2. The van der Waals surface area contributed by atoms with Crippen molar-refractivity contribution in [3.8, 4) is 34.8 Å². The molecular formula is C70H65N11O11S2. The highest BCUT2D eigenvalue weighted by Crippen LogP contribution is 2.33. The van der Waals surface area contributed by atoms with Gasteiger partial charge in [0.05, 0.1) is 65.3 Å².